The second-order valence-electron chi connectivity index (χ2n) is 6.26. The molecule has 24 heavy (non-hydrogen) atoms. The van der Waals surface area contributed by atoms with Crippen LogP contribution in [0, 0.1) is 0 Å². The van der Waals surface area contributed by atoms with E-state index in [0.717, 1.165) is 34.9 Å². The van der Waals surface area contributed by atoms with Crippen molar-refractivity contribution in [2.45, 2.75) is 18.4 Å². The van der Waals surface area contributed by atoms with Crippen LogP contribution in [0.25, 0.3) is 10.8 Å². The summed E-state index contributed by atoms with van der Waals surface area (Å²) in [6, 6.07) is 21.7. The topological polar surface area (TPSA) is 38.3 Å². The molecule has 3 aromatic rings. The van der Waals surface area contributed by atoms with Crippen molar-refractivity contribution in [1.82, 2.24) is 5.32 Å². The Labute approximate surface area is 141 Å². The molecule has 1 fully saturated rings. The average molecular weight is 317 g/mol. The van der Waals surface area contributed by atoms with Gasteiger partial charge in [-0.3, -0.25) is 4.79 Å². The Morgan fingerprint density at radius 3 is 2.46 bits per heavy atom. The molecule has 0 heterocycles. The SMILES string of the molecule is COc1ccccc1C1(NC(=O)c2cccc3ccccc23)CC1. The first-order valence-electron chi connectivity index (χ1n) is 8.17. The Morgan fingerprint density at radius 2 is 1.67 bits per heavy atom. The molecule has 0 bridgehead atoms. The summed E-state index contributed by atoms with van der Waals surface area (Å²) in [5.74, 6) is 0.795. The highest BCUT2D eigenvalue weighted by atomic mass is 16.5. The standard InChI is InChI=1S/C21H19NO2/c1-24-19-12-5-4-11-18(19)21(13-14-21)22-20(23)17-10-6-8-15-7-2-3-9-16(15)17/h2-12H,13-14H2,1H3,(H,22,23). The van der Waals surface area contributed by atoms with Crippen molar-refractivity contribution >= 4 is 16.7 Å². The summed E-state index contributed by atoms with van der Waals surface area (Å²) in [5.41, 5.74) is 1.47. The smallest absolute Gasteiger partial charge is 0.252 e. The molecule has 0 aromatic heterocycles. The lowest BCUT2D eigenvalue weighted by Crippen LogP contribution is -2.35. The number of fused-ring (bicyclic) bond motifs is 1. The van der Waals surface area contributed by atoms with E-state index in [1.165, 1.54) is 0 Å². The van der Waals surface area contributed by atoms with Crippen LogP contribution in [0.3, 0.4) is 0 Å². The maximum atomic E-state index is 12.9. The van der Waals surface area contributed by atoms with Crippen LogP contribution in [0.1, 0.15) is 28.8 Å². The van der Waals surface area contributed by atoms with Gasteiger partial charge in [0, 0.05) is 11.1 Å². The molecule has 3 nitrogen and oxygen atoms in total. The van der Waals surface area contributed by atoms with E-state index in [1.807, 2.05) is 66.7 Å². The van der Waals surface area contributed by atoms with Crippen LogP contribution >= 0.6 is 0 Å². The monoisotopic (exact) mass is 317 g/mol. The molecule has 0 spiro atoms. The number of para-hydroxylation sites is 1. The minimum atomic E-state index is -0.305. The molecule has 3 heteroatoms. The zero-order valence-electron chi connectivity index (χ0n) is 13.6. The van der Waals surface area contributed by atoms with Crippen molar-refractivity contribution in [2.24, 2.45) is 0 Å². The van der Waals surface area contributed by atoms with Crippen LogP contribution < -0.4 is 10.1 Å². The molecule has 0 unspecified atom stereocenters. The van der Waals surface area contributed by atoms with Crippen LogP contribution in [0.4, 0.5) is 0 Å². The van der Waals surface area contributed by atoms with Gasteiger partial charge in [-0.2, -0.15) is 0 Å². The van der Waals surface area contributed by atoms with E-state index in [9.17, 15) is 4.79 Å². The quantitative estimate of drug-likeness (QED) is 0.780. The summed E-state index contributed by atoms with van der Waals surface area (Å²) >= 11 is 0. The van der Waals surface area contributed by atoms with Crippen molar-refractivity contribution in [1.29, 1.82) is 0 Å². The van der Waals surface area contributed by atoms with Gasteiger partial charge in [0.05, 0.1) is 12.6 Å². The third-order valence-corrected chi connectivity index (χ3v) is 4.76. The fourth-order valence-corrected chi connectivity index (χ4v) is 3.33. The Morgan fingerprint density at radius 1 is 0.958 bits per heavy atom. The highest BCUT2D eigenvalue weighted by Gasteiger charge is 2.47. The fraction of sp³-hybridized carbons (Fsp3) is 0.190. The van der Waals surface area contributed by atoms with Crippen LogP contribution in [0.15, 0.2) is 66.7 Å². The lowest BCUT2D eigenvalue weighted by atomic mass is 10.0. The maximum Gasteiger partial charge on any atom is 0.252 e. The van der Waals surface area contributed by atoms with Gasteiger partial charge in [0.2, 0.25) is 0 Å². The molecule has 4 rings (SSSR count). The van der Waals surface area contributed by atoms with E-state index in [4.69, 9.17) is 4.74 Å². The summed E-state index contributed by atoms with van der Waals surface area (Å²) in [6.45, 7) is 0. The van der Waals surface area contributed by atoms with E-state index in [-0.39, 0.29) is 11.4 Å². The van der Waals surface area contributed by atoms with E-state index in [0.29, 0.717) is 5.56 Å². The molecule has 120 valence electrons. The fourth-order valence-electron chi connectivity index (χ4n) is 3.33. The number of nitrogens with one attached hydrogen (secondary N) is 1. The number of methoxy groups -OCH3 is 1. The van der Waals surface area contributed by atoms with Gasteiger partial charge in [-0.1, -0.05) is 54.6 Å². The van der Waals surface area contributed by atoms with Crippen molar-refractivity contribution in [3.8, 4) is 5.75 Å². The molecular formula is C21H19NO2. The number of ether oxygens (including phenoxy) is 1. The van der Waals surface area contributed by atoms with E-state index < -0.39 is 0 Å². The predicted octanol–water partition coefficient (Wildman–Crippen LogP) is 4.27. The van der Waals surface area contributed by atoms with Gasteiger partial charge in [-0.15, -0.1) is 0 Å². The number of hydrogen-bond donors (Lipinski definition) is 1. The number of rotatable bonds is 4. The zero-order chi connectivity index (χ0) is 16.6. The highest BCUT2D eigenvalue weighted by molar-refractivity contribution is 6.07. The molecule has 1 aliphatic rings. The van der Waals surface area contributed by atoms with Gasteiger partial charge >= 0.3 is 0 Å². The molecule has 0 radical (unpaired) electrons. The molecule has 1 saturated carbocycles. The van der Waals surface area contributed by atoms with Crippen LogP contribution in [0.5, 0.6) is 5.75 Å². The van der Waals surface area contributed by atoms with Crippen molar-refractivity contribution in [2.75, 3.05) is 7.11 Å². The number of hydrogen-bond acceptors (Lipinski definition) is 2. The summed E-state index contributed by atoms with van der Waals surface area (Å²) in [5, 5.41) is 5.30. The largest absolute Gasteiger partial charge is 0.496 e. The lowest BCUT2D eigenvalue weighted by Gasteiger charge is -2.21. The van der Waals surface area contributed by atoms with Crippen molar-refractivity contribution < 1.29 is 9.53 Å². The Hall–Kier alpha value is -2.81. The Balaban J connectivity index is 1.69. The molecule has 1 amide bonds. The summed E-state index contributed by atoms with van der Waals surface area (Å²) < 4.78 is 5.48. The van der Waals surface area contributed by atoms with E-state index >= 15 is 0 Å². The summed E-state index contributed by atoms with van der Waals surface area (Å²) in [6.07, 6.45) is 1.87. The molecule has 0 aliphatic heterocycles. The van der Waals surface area contributed by atoms with Crippen LogP contribution in [-0.2, 0) is 5.54 Å². The first kappa shape index (κ1) is 14.8. The normalized spacial score (nSPS) is 15.0. The summed E-state index contributed by atoms with van der Waals surface area (Å²) in [4.78, 5) is 12.9. The number of carbonyl (C=O) groups excluding carboxylic acids is 1. The van der Waals surface area contributed by atoms with E-state index in [2.05, 4.69) is 5.32 Å². The Bertz CT molecular complexity index is 907. The third-order valence-electron chi connectivity index (χ3n) is 4.76. The lowest BCUT2D eigenvalue weighted by molar-refractivity contribution is 0.0932. The maximum absolute atomic E-state index is 12.9. The minimum absolute atomic E-state index is 0.0322. The number of benzene rings is 3. The van der Waals surface area contributed by atoms with Crippen LogP contribution in [0.2, 0.25) is 0 Å². The highest BCUT2D eigenvalue weighted by Crippen LogP contribution is 2.49. The summed E-state index contributed by atoms with van der Waals surface area (Å²) in [7, 11) is 1.67. The molecular weight excluding hydrogens is 298 g/mol. The second-order valence-corrected chi connectivity index (χ2v) is 6.26. The predicted molar refractivity (Wildman–Crippen MR) is 95.3 cm³/mol. The Kier molecular flexibility index (Phi) is 3.49. The van der Waals surface area contributed by atoms with Gasteiger partial charge < -0.3 is 10.1 Å². The van der Waals surface area contributed by atoms with Crippen LogP contribution in [-0.4, -0.2) is 13.0 Å². The first-order chi connectivity index (χ1) is 11.7. The van der Waals surface area contributed by atoms with Gasteiger partial charge in [-0.05, 0) is 35.7 Å². The third kappa shape index (κ3) is 2.42. The zero-order valence-corrected chi connectivity index (χ0v) is 13.6. The van der Waals surface area contributed by atoms with Gasteiger partial charge in [0.15, 0.2) is 0 Å². The molecule has 3 aromatic carbocycles. The average Bonchev–Trinajstić information content (AvgIpc) is 3.41. The molecule has 0 atom stereocenters. The molecule has 0 saturated heterocycles. The molecule has 1 aliphatic carbocycles. The van der Waals surface area contributed by atoms with Crippen molar-refractivity contribution in [3.05, 3.63) is 77.9 Å². The van der Waals surface area contributed by atoms with Gasteiger partial charge in [0.25, 0.3) is 5.91 Å². The van der Waals surface area contributed by atoms with Gasteiger partial charge in [0.1, 0.15) is 5.75 Å². The van der Waals surface area contributed by atoms with Crippen molar-refractivity contribution in [3.63, 3.8) is 0 Å². The molecule has 1 N–H and O–H groups in total. The number of amides is 1. The first-order valence-corrected chi connectivity index (χ1v) is 8.17. The van der Waals surface area contributed by atoms with Gasteiger partial charge in [-0.25, -0.2) is 0 Å². The minimum Gasteiger partial charge on any atom is -0.496 e. The number of carbonyl (C=O) groups is 1. The van der Waals surface area contributed by atoms with E-state index in [1.54, 1.807) is 7.11 Å². The second kappa shape index (κ2) is 5.68.